The first-order chi connectivity index (χ1) is 13.0. The summed E-state index contributed by atoms with van der Waals surface area (Å²) in [5.41, 5.74) is 0.931. The SMILES string of the molecule is CCOC(=O)n1c(C(=O)c2ccccc2)c(NC(C)=O)c2c(Cl)cccc21. The monoisotopic (exact) mass is 384 g/mol. The molecule has 138 valence electrons. The number of nitrogens with one attached hydrogen (secondary N) is 1. The lowest BCUT2D eigenvalue weighted by molar-refractivity contribution is -0.114. The third kappa shape index (κ3) is 3.44. The third-order valence-corrected chi connectivity index (χ3v) is 4.26. The fourth-order valence-electron chi connectivity index (χ4n) is 2.91. The molecule has 2 aromatic carbocycles. The summed E-state index contributed by atoms with van der Waals surface area (Å²) in [6, 6.07) is 13.4. The molecule has 1 aromatic heterocycles. The average Bonchev–Trinajstić information content (AvgIpc) is 2.97. The van der Waals surface area contributed by atoms with Gasteiger partial charge < -0.3 is 10.1 Å². The molecule has 0 aliphatic rings. The van der Waals surface area contributed by atoms with Gasteiger partial charge in [0.05, 0.1) is 22.8 Å². The van der Waals surface area contributed by atoms with Crippen LogP contribution in [0.15, 0.2) is 48.5 Å². The number of ketones is 1. The number of nitrogens with zero attached hydrogens (tertiary/aromatic N) is 1. The second-order valence-corrected chi connectivity index (χ2v) is 6.18. The maximum absolute atomic E-state index is 13.2. The van der Waals surface area contributed by atoms with Crippen molar-refractivity contribution < 1.29 is 19.1 Å². The van der Waals surface area contributed by atoms with Gasteiger partial charge in [-0.3, -0.25) is 9.59 Å². The van der Waals surface area contributed by atoms with E-state index in [1.807, 2.05) is 0 Å². The zero-order valence-corrected chi connectivity index (χ0v) is 15.5. The number of fused-ring (bicyclic) bond motifs is 1. The molecule has 0 bridgehead atoms. The Hall–Kier alpha value is -3.12. The van der Waals surface area contributed by atoms with Gasteiger partial charge in [-0.05, 0) is 19.1 Å². The van der Waals surface area contributed by atoms with E-state index in [1.54, 1.807) is 55.5 Å². The van der Waals surface area contributed by atoms with Gasteiger partial charge in [0.15, 0.2) is 0 Å². The van der Waals surface area contributed by atoms with Crippen molar-refractivity contribution in [3.63, 3.8) is 0 Å². The van der Waals surface area contributed by atoms with Gasteiger partial charge in [-0.2, -0.15) is 0 Å². The van der Waals surface area contributed by atoms with Crippen molar-refractivity contribution in [3.05, 3.63) is 64.8 Å². The number of halogens is 1. The maximum atomic E-state index is 13.2. The van der Waals surface area contributed by atoms with Crippen LogP contribution in [0.4, 0.5) is 10.5 Å². The van der Waals surface area contributed by atoms with E-state index in [1.165, 1.54) is 6.92 Å². The number of hydrogen-bond acceptors (Lipinski definition) is 4. The number of ether oxygens (including phenoxy) is 1. The molecule has 0 spiro atoms. The summed E-state index contributed by atoms with van der Waals surface area (Å²) in [6.45, 7) is 3.12. The molecule has 0 aliphatic carbocycles. The molecule has 0 atom stereocenters. The summed E-state index contributed by atoms with van der Waals surface area (Å²) in [7, 11) is 0. The van der Waals surface area contributed by atoms with Crippen molar-refractivity contribution in [3.8, 4) is 0 Å². The minimum atomic E-state index is -0.722. The van der Waals surface area contributed by atoms with Crippen molar-refractivity contribution in [2.45, 2.75) is 13.8 Å². The summed E-state index contributed by atoms with van der Waals surface area (Å²) in [5, 5.41) is 3.36. The number of aromatic nitrogens is 1. The molecule has 0 aliphatic heterocycles. The quantitative estimate of drug-likeness (QED) is 0.672. The summed E-state index contributed by atoms with van der Waals surface area (Å²) in [6.07, 6.45) is -0.722. The minimum absolute atomic E-state index is 0.00190. The smallest absolute Gasteiger partial charge is 0.419 e. The highest BCUT2D eigenvalue weighted by Gasteiger charge is 2.29. The van der Waals surface area contributed by atoms with Gasteiger partial charge in [-0.15, -0.1) is 0 Å². The summed E-state index contributed by atoms with van der Waals surface area (Å²) >= 11 is 6.34. The van der Waals surface area contributed by atoms with E-state index in [0.717, 1.165) is 4.57 Å². The third-order valence-electron chi connectivity index (χ3n) is 3.95. The normalized spacial score (nSPS) is 10.6. The largest absolute Gasteiger partial charge is 0.449 e. The minimum Gasteiger partial charge on any atom is -0.449 e. The summed E-state index contributed by atoms with van der Waals surface area (Å²) in [4.78, 5) is 37.7. The number of amides is 1. The predicted octanol–water partition coefficient (Wildman–Crippen LogP) is 4.49. The number of carbonyl (C=O) groups excluding carboxylic acids is 3. The molecule has 6 nitrogen and oxygen atoms in total. The molecular weight excluding hydrogens is 368 g/mol. The fourth-order valence-corrected chi connectivity index (χ4v) is 3.18. The highest BCUT2D eigenvalue weighted by molar-refractivity contribution is 6.38. The maximum Gasteiger partial charge on any atom is 0.419 e. The van der Waals surface area contributed by atoms with Gasteiger partial charge in [-0.1, -0.05) is 48.0 Å². The second-order valence-electron chi connectivity index (χ2n) is 5.77. The Morgan fingerprint density at radius 3 is 2.41 bits per heavy atom. The van der Waals surface area contributed by atoms with Crippen LogP contribution in [0.2, 0.25) is 5.02 Å². The lowest BCUT2D eigenvalue weighted by Crippen LogP contribution is -2.21. The molecule has 3 aromatic rings. The van der Waals surface area contributed by atoms with Crippen molar-refractivity contribution in [1.29, 1.82) is 0 Å². The van der Waals surface area contributed by atoms with E-state index >= 15 is 0 Å². The van der Waals surface area contributed by atoms with E-state index in [2.05, 4.69) is 5.32 Å². The molecule has 3 rings (SSSR count). The number of benzene rings is 2. The van der Waals surface area contributed by atoms with Gasteiger partial charge in [-0.25, -0.2) is 9.36 Å². The van der Waals surface area contributed by atoms with Crippen LogP contribution in [0.3, 0.4) is 0 Å². The van der Waals surface area contributed by atoms with E-state index in [9.17, 15) is 14.4 Å². The van der Waals surface area contributed by atoms with Crippen molar-refractivity contribution in [2.75, 3.05) is 11.9 Å². The molecular formula is C20H17ClN2O4. The van der Waals surface area contributed by atoms with Gasteiger partial charge in [0, 0.05) is 17.9 Å². The first-order valence-electron chi connectivity index (χ1n) is 8.33. The fraction of sp³-hybridized carbons (Fsp3) is 0.150. The van der Waals surface area contributed by atoms with Gasteiger partial charge >= 0.3 is 6.09 Å². The zero-order chi connectivity index (χ0) is 19.6. The van der Waals surface area contributed by atoms with Crippen molar-refractivity contribution >= 4 is 46.0 Å². The van der Waals surface area contributed by atoms with Crippen LogP contribution in [0.1, 0.15) is 29.9 Å². The van der Waals surface area contributed by atoms with Gasteiger partial charge in [0.1, 0.15) is 5.69 Å². The number of carbonyl (C=O) groups is 3. The summed E-state index contributed by atoms with van der Waals surface area (Å²) < 4.78 is 6.29. The number of hydrogen-bond donors (Lipinski definition) is 1. The highest BCUT2D eigenvalue weighted by atomic mass is 35.5. The molecule has 27 heavy (non-hydrogen) atoms. The van der Waals surface area contributed by atoms with Crippen molar-refractivity contribution in [1.82, 2.24) is 4.57 Å². The van der Waals surface area contributed by atoms with Crippen molar-refractivity contribution in [2.24, 2.45) is 0 Å². The van der Waals surface area contributed by atoms with Crippen LogP contribution < -0.4 is 5.32 Å². The molecule has 1 heterocycles. The van der Waals surface area contributed by atoms with E-state index < -0.39 is 11.9 Å². The molecule has 7 heteroatoms. The topological polar surface area (TPSA) is 77.4 Å². The van der Waals surface area contributed by atoms with Crippen LogP contribution in [-0.4, -0.2) is 29.0 Å². The first-order valence-corrected chi connectivity index (χ1v) is 8.70. The Balaban J connectivity index is 2.39. The second kappa shape index (κ2) is 7.63. The Morgan fingerprint density at radius 2 is 1.78 bits per heavy atom. The first kappa shape index (κ1) is 18.7. The Labute approximate surface area is 160 Å². The molecule has 1 amide bonds. The molecule has 1 N–H and O–H groups in total. The Kier molecular flexibility index (Phi) is 5.28. The lowest BCUT2D eigenvalue weighted by Gasteiger charge is -2.10. The van der Waals surface area contributed by atoms with Crippen LogP contribution in [0, 0.1) is 0 Å². The molecule has 0 unspecified atom stereocenters. The van der Waals surface area contributed by atoms with Crippen LogP contribution in [-0.2, 0) is 9.53 Å². The Morgan fingerprint density at radius 1 is 1.07 bits per heavy atom. The number of anilines is 1. The zero-order valence-electron chi connectivity index (χ0n) is 14.8. The highest BCUT2D eigenvalue weighted by Crippen LogP contribution is 2.37. The van der Waals surface area contributed by atoms with Crippen LogP contribution in [0.25, 0.3) is 10.9 Å². The van der Waals surface area contributed by atoms with Gasteiger partial charge in [0.25, 0.3) is 0 Å². The predicted molar refractivity (Wildman–Crippen MR) is 104 cm³/mol. The molecule has 0 saturated heterocycles. The molecule has 0 radical (unpaired) electrons. The van der Waals surface area contributed by atoms with E-state index in [4.69, 9.17) is 16.3 Å². The van der Waals surface area contributed by atoms with E-state index in [0.29, 0.717) is 21.5 Å². The number of rotatable bonds is 4. The van der Waals surface area contributed by atoms with Gasteiger partial charge in [0.2, 0.25) is 11.7 Å². The van der Waals surface area contributed by atoms with E-state index in [-0.39, 0.29) is 23.9 Å². The van der Waals surface area contributed by atoms with Crippen LogP contribution >= 0.6 is 11.6 Å². The lowest BCUT2D eigenvalue weighted by atomic mass is 10.1. The average molecular weight is 385 g/mol. The molecule has 0 fully saturated rings. The standard InChI is InChI=1S/C20H17ClN2O4/c1-3-27-20(26)23-15-11-7-10-14(21)16(15)17(22-12(2)24)18(23)19(25)13-8-5-4-6-9-13/h4-11H,3H2,1-2H3,(H,22,24). The Bertz CT molecular complexity index is 1040. The van der Waals surface area contributed by atoms with Crippen LogP contribution in [0.5, 0.6) is 0 Å². The summed E-state index contributed by atoms with van der Waals surface area (Å²) in [5.74, 6) is -0.820. The molecule has 0 saturated carbocycles.